The van der Waals surface area contributed by atoms with Crippen LogP contribution in [-0.4, -0.2) is 14.5 Å². The van der Waals surface area contributed by atoms with E-state index in [2.05, 4.69) is 132 Å². The minimum absolute atomic E-state index is 0.879. The van der Waals surface area contributed by atoms with Gasteiger partial charge in [-0.3, -0.25) is 0 Å². The summed E-state index contributed by atoms with van der Waals surface area (Å²) < 4.78 is 2.40. The molecule has 210 valence electrons. The van der Waals surface area contributed by atoms with E-state index in [-0.39, 0.29) is 0 Å². The van der Waals surface area contributed by atoms with Crippen molar-refractivity contribution < 1.29 is 0 Å². The van der Waals surface area contributed by atoms with Gasteiger partial charge < -0.3 is 4.57 Å². The molecule has 9 aromatic rings. The Kier molecular flexibility index (Phi) is 5.82. The van der Waals surface area contributed by atoms with Gasteiger partial charge in [-0.15, -0.1) is 0 Å². The summed E-state index contributed by atoms with van der Waals surface area (Å²) in [6.07, 6.45) is 0. The molecule has 0 amide bonds. The monoisotopic (exact) mass is 573 g/mol. The van der Waals surface area contributed by atoms with Crippen LogP contribution in [0.1, 0.15) is 0 Å². The summed E-state index contributed by atoms with van der Waals surface area (Å²) in [5.74, 6) is 0. The average molecular weight is 574 g/mol. The Morgan fingerprint density at radius 1 is 0.378 bits per heavy atom. The van der Waals surface area contributed by atoms with E-state index >= 15 is 0 Å². The summed E-state index contributed by atoms with van der Waals surface area (Å²) in [5.41, 5.74) is 11.5. The molecule has 2 aromatic heterocycles. The zero-order valence-electron chi connectivity index (χ0n) is 24.4. The van der Waals surface area contributed by atoms with Crippen LogP contribution in [0.5, 0.6) is 0 Å². The van der Waals surface area contributed by atoms with Gasteiger partial charge in [-0.1, -0.05) is 133 Å². The largest absolute Gasteiger partial charge is 0.309 e. The maximum Gasteiger partial charge on any atom is 0.0973 e. The molecule has 0 saturated heterocycles. The first-order valence-corrected chi connectivity index (χ1v) is 15.3. The van der Waals surface area contributed by atoms with Crippen molar-refractivity contribution in [1.29, 1.82) is 0 Å². The summed E-state index contributed by atoms with van der Waals surface area (Å²) in [5, 5.41) is 5.03. The third-order valence-corrected chi connectivity index (χ3v) is 8.78. The fraction of sp³-hybridized carbons (Fsp3) is 0. The second-order valence-corrected chi connectivity index (χ2v) is 11.4. The Labute approximate surface area is 260 Å². The van der Waals surface area contributed by atoms with E-state index in [1.54, 1.807) is 0 Å². The molecule has 9 rings (SSSR count). The highest BCUT2D eigenvalue weighted by Crippen LogP contribution is 2.37. The highest BCUT2D eigenvalue weighted by molar-refractivity contribution is 6.18. The number of hydrogen-bond donors (Lipinski definition) is 0. The molecule has 0 spiro atoms. The number of hydrogen-bond acceptors (Lipinski definition) is 2. The molecule has 0 atom stereocenters. The summed E-state index contributed by atoms with van der Waals surface area (Å²) in [7, 11) is 0. The van der Waals surface area contributed by atoms with Crippen molar-refractivity contribution in [2.75, 3.05) is 0 Å². The molecule has 45 heavy (non-hydrogen) atoms. The summed E-state index contributed by atoms with van der Waals surface area (Å²) in [6, 6.07) is 57.7. The van der Waals surface area contributed by atoms with Crippen LogP contribution in [0.4, 0.5) is 0 Å². The second kappa shape index (κ2) is 10.3. The van der Waals surface area contributed by atoms with Crippen molar-refractivity contribution in [1.82, 2.24) is 14.5 Å². The van der Waals surface area contributed by atoms with Crippen LogP contribution >= 0.6 is 0 Å². The number of nitrogens with zero attached hydrogens (tertiary/aromatic N) is 3. The lowest BCUT2D eigenvalue weighted by Gasteiger charge is -2.13. The molecule has 0 aliphatic rings. The van der Waals surface area contributed by atoms with E-state index in [0.717, 1.165) is 50.4 Å². The Morgan fingerprint density at radius 3 is 1.71 bits per heavy atom. The smallest absolute Gasteiger partial charge is 0.0973 e. The molecule has 0 aliphatic heterocycles. The predicted octanol–water partition coefficient (Wildman–Crippen LogP) is 10.9. The maximum absolute atomic E-state index is 5.20. The van der Waals surface area contributed by atoms with Gasteiger partial charge in [-0.25, -0.2) is 9.97 Å². The zero-order chi connectivity index (χ0) is 29.7. The first-order chi connectivity index (χ1) is 22.3. The van der Waals surface area contributed by atoms with Crippen molar-refractivity contribution >= 4 is 43.6 Å². The molecular weight excluding hydrogens is 546 g/mol. The number of fused-ring (bicyclic) bond motifs is 6. The van der Waals surface area contributed by atoms with Crippen molar-refractivity contribution in [3.05, 3.63) is 164 Å². The van der Waals surface area contributed by atoms with E-state index in [1.165, 1.54) is 32.6 Å². The van der Waals surface area contributed by atoms with Gasteiger partial charge in [0.1, 0.15) is 0 Å². The van der Waals surface area contributed by atoms with Crippen LogP contribution in [0.15, 0.2) is 164 Å². The quantitative estimate of drug-likeness (QED) is 0.210. The van der Waals surface area contributed by atoms with E-state index in [0.29, 0.717) is 0 Å². The van der Waals surface area contributed by atoms with Gasteiger partial charge in [-0.2, -0.15) is 0 Å². The van der Waals surface area contributed by atoms with Crippen LogP contribution in [0, 0.1) is 0 Å². The van der Waals surface area contributed by atoms with Gasteiger partial charge >= 0.3 is 0 Å². The van der Waals surface area contributed by atoms with Gasteiger partial charge in [0.15, 0.2) is 0 Å². The first kappa shape index (κ1) is 25.4. The predicted molar refractivity (Wildman–Crippen MR) is 188 cm³/mol. The lowest BCUT2D eigenvalue weighted by Crippen LogP contribution is -1.96. The minimum Gasteiger partial charge on any atom is -0.309 e. The van der Waals surface area contributed by atoms with Crippen LogP contribution in [-0.2, 0) is 0 Å². The first-order valence-electron chi connectivity index (χ1n) is 15.3. The van der Waals surface area contributed by atoms with Crippen LogP contribution in [0.2, 0.25) is 0 Å². The van der Waals surface area contributed by atoms with Crippen LogP contribution < -0.4 is 0 Å². The normalized spacial score (nSPS) is 11.6. The SMILES string of the molecule is c1ccc(-c2nc3ccc(-c4ccc(-n5c6ccccc6c6ccc7ccccc7c65)cc4)cc3nc2-c2ccccc2)cc1. The molecule has 0 N–H and O–H groups in total. The number of rotatable bonds is 4. The van der Waals surface area contributed by atoms with Gasteiger partial charge in [0.2, 0.25) is 0 Å². The fourth-order valence-electron chi connectivity index (χ4n) is 6.63. The molecule has 2 heterocycles. The second-order valence-electron chi connectivity index (χ2n) is 11.4. The topological polar surface area (TPSA) is 30.7 Å². The number of aromatic nitrogens is 3. The Hall–Kier alpha value is -6.06. The molecule has 0 radical (unpaired) electrons. The summed E-state index contributed by atoms with van der Waals surface area (Å²) in [4.78, 5) is 10.3. The fourth-order valence-corrected chi connectivity index (χ4v) is 6.63. The van der Waals surface area contributed by atoms with Gasteiger partial charge in [0.05, 0.1) is 33.5 Å². The highest BCUT2D eigenvalue weighted by Gasteiger charge is 2.16. The third-order valence-electron chi connectivity index (χ3n) is 8.78. The van der Waals surface area contributed by atoms with Crippen molar-refractivity contribution in [3.63, 3.8) is 0 Å². The standard InChI is InChI=1S/C42H27N3/c1-3-12-30(13-4-1)40-41(31-14-5-2-6-15-31)44-38-27-32(22-26-37(38)43-40)28-19-23-33(24-20-28)45-39-18-10-9-17-35(39)36-25-21-29-11-7-8-16-34(29)42(36)45/h1-27H. The van der Waals surface area contributed by atoms with Gasteiger partial charge in [0, 0.05) is 33.0 Å². The third kappa shape index (κ3) is 4.21. The molecule has 7 aromatic carbocycles. The Bertz CT molecular complexity index is 2510. The minimum atomic E-state index is 0.879. The molecule has 3 heteroatoms. The van der Waals surface area contributed by atoms with E-state index in [4.69, 9.17) is 9.97 Å². The van der Waals surface area contributed by atoms with E-state index in [9.17, 15) is 0 Å². The average Bonchev–Trinajstić information content (AvgIpc) is 3.46. The molecular formula is C42H27N3. The lowest BCUT2D eigenvalue weighted by atomic mass is 10.0. The molecule has 3 nitrogen and oxygen atoms in total. The van der Waals surface area contributed by atoms with E-state index < -0.39 is 0 Å². The van der Waals surface area contributed by atoms with Crippen molar-refractivity contribution in [2.24, 2.45) is 0 Å². The maximum atomic E-state index is 5.20. The van der Waals surface area contributed by atoms with Crippen LogP contribution in [0.3, 0.4) is 0 Å². The molecule has 0 bridgehead atoms. The molecule has 0 fully saturated rings. The number of para-hydroxylation sites is 1. The van der Waals surface area contributed by atoms with Crippen molar-refractivity contribution in [3.8, 4) is 39.3 Å². The summed E-state index contributed by atoms with van der Waals surface area (Å²) >= 11 is 0. The Balaban J connectivity index is 1.18. The highest BCUT2D eigenvalue weighted by atomic mass is 15.0. The molecule has 0 saturated carbocycles. The summed E-state index contributed by atoms with van der Waals surface area (Å²) in [6.45, 7) is 0. The van der Waals surface area contributed by atoms with Crippen molar-refractivity contribution in [2.45, 2.75) is 0 Å². The zero-order valence-corrected chi connectivity index (χ0v) is 24.4. The molecule has 0 unspecified atom stereocenters. The van der Waals surface area contributed by atoms with Crippen LogP contribution in [0.25, 0.3) is 82.9 Å². The Morgan fingerprint density at radius 2 is 0.978 bits per heavy atom. The van der Waals surface area contributed by atoms with Gasteiger partial charge in [-0.05, 0) is 46.8 Å². The lowest BCUT2D eigenvalue weighted by molar-refractivity contribution is 1.19. The van der Waals surface area contributed by atoms with E-state index in [1.807, 2.05) is 36.4 Å². The molecule has 0 aliphatic carbocycles. The number of benzene rings is 7. The van der Waals surface area contributed by atoms with Gasteiger partial charge in [0.25, 0.3) is 0 Å².